The third kappa shape index (κ3) is 14.2. The summed E-state index contributed by atoms with van der Waals surface area (Å²) < 4.78 is 16.7. The fraction of sp³-hybridized carbons (Fsp3) is 0.424. The molecule has 42 heavy (non-hydrogen) atoms. The summed E-state index contributed by atoms with van der Waals surface area (Å²) in [7, 11) is 0. The van der Waals surface area contributed by atoms with Gasteiger partial charge in [0.15, 0.2) is 0 Å². The third-order valence-corrected chi connectivity index (χ3v) is 6.37. The number of hydrogen-bond acceptors (Lipinski definition) is 7. The second kappa shape index (κ2) is 21.0. The molecule has 0 aliphatic rings. The van der Waals surface area contributed by atoms with Gasteiger partial charge in [-0.25, -0.2) is 0 Å². The number of benzene rings is 2. The Morgan fingerprint density at radius 2 is 1.48 bits per heavy atom. The first kappa shape index (κ1) is 34.4. The lowest BCUT2D eigenvalue weighted by Gasteiger charge is -2.23. The van der Waals surface area contributed by atoms with Gasteiger partial charge in [0.25, 0.3) is 0 Å². The van der Waals surface area contributed by atoms with E-state index in [0.717, 1.165) is 11.1 Å². The molecule has 2 amide bonds. The molecule has 3 N–H and O–H groups in total. The average Bonchev–Trinajstić information content (AvgIpc) is 3.00. The van der Waals surface area contributed by atoms with Crippen LogP contribution in [0.15, 0.2) is 86.0 Å². The summed E-state index contributed by atoms with van der Waals surface area (Å²) in [6.07, 6.45) is 4.49. The van der Waals surface area contributed by atoms with Crippen molar-refractivity contribution in [3.05, 3.63) is 97.1 Å². The van der Waals surface area contributed by atoms with Gasteiger partial charge in [-0.05, 0) is 30.4 Å². The summed E-state index contributed by atoms with van der Waals surface area (Å²) >= 11 is 0. The molecule has 2 aromatic carbocycles. The molecule has 228 valence electrons. The minimum absolute atomic E-state index is 0.0479. The molecule has 0 aliphatic heterocycles. The van der Waals surface area contributed by atoms with Gasteiger partial charge in [-0.3, -0.25) is 14.4 Å². The summed E-state index contributed by atoms with van der Waals surface area (Å²) in [6.45, 7) is 8.46. The van der Waals surface area contributed by atoms with Crippen molar-refractivity contribution in [2.45, 2.75) is 38.3 Å². The fourth-order valence-electron chi connectivity index (χ4n) is 4.22. The molecule has 0 saturated carbocycles. The maximum absolute atomic E-state index is 13.2. The number of ether oxygens (including phenoxy) is 3. The SMILES string of the molecule is C=CC[C@@H](CC(=O)NCCOCCO)C(=O)N[C@@H](COCc1ccccc1)COC(=O)[C@@H](CC=C)Cc1ccccc1. The highest BCUT2D eigenvalue weighted by atomic mass is 16.5. The number of allylic oxidation sites excluding steroid dienone is 2. The van der Waals surface area contributed by atoms with Gasteiger partial charge in [0.05, 0.1) is 50.9 Å². The fourth-order valence-corrected chi connectivity index (χ4v) is 4.22. The molecular formula is C33H44N2O7. The lowest BCUT2D eigenvalue weighted by atomic mass is 9.96. The maximum Gasteiger partial charge on any atom is 0.309 e. The first-order chi connectivity index (χ1) is 20.5. The molecule has 0 bridgehead atoms. The van der Waals surface area contributed by atoms with E-state index < -0.39 is 17.9 Å². The highest BCUT2D eigenvalue weighted by Gasteiger charge is 2.26. The summed E-state index contributed by atoms with van der Waals surface area (Å²) in [5.41, 5.74) is 1.99. The molecule has 3 atom stereocenters. The van der Waals surface area contributed by atoms with Crippen LogP contribution < -0.4 is 10.6 Å². The lowest BCUT2D eigenvalue weighted by molar-refractivity contribution is -0.150. The van der Waals surface area contributed by atoms with Crippen LogP contribution in [0.5, 0.6) is 0 Å². The van der Waals surface area contributed by atoms with Gasteiger partial charge in [-0.1, -0.05) is 72.8 Å². The summed E-state index contributed by atoms with van der Waals surface area (Å²) in [6, 6.07) is 18.7. The number of hydrogen-bond donors (Lipinski definition) is 3. The van der Waals surface area contributed by atoms with Crippen LogP contribution in [0.4, 0.5) is 0 Å². The Bertz CT molecular complexity index is 1080. The van der Waals surface area contributed by atoms with Crippen molar-refractivity contribution in [1.82, 2.24) is 10.6 Å². The van der Waals surface area contributed by atoms with Crippen LogP contribution in [-0.2, 0) is 41.6 Å². The summed E-state index contributed by atoms with van der Waals surface area (Å²) in [5, 5.41) is 14.4. The molecule has 0 unspecified atom stereocenters. The molecule has 9 heteroatoms. The smallest absolute Gasteiger partial charge is 0.309 e. The Kier molecular flexibility index (Phi) is 17.2. The van der Waals surface area contributed by atoms with E-state index in [-0.39, 0.29) is 70.2 Å². The quantitative estimate of drug-likeness (QED) is 0.111. The van der Waals surface area contributed by atoms with Crippen molar-refractivity contribution in [2.75, 3.05) is 39.6 Å². The van der Waals surface area contributed by atoms with Crippen molar-refractivity contribution < 1.29 is 33.7 Å². The van der Waals surface area contributed by atoms with Crippen molar-refractivity contribution in [3.63, 3.8) is 0 Å². The van der Waals surface area contributed by atoms with E-state index in [2.05, 4.69) is 23.8 Å². The van der Waals surface area contributed by atoms with Crippen LogP contribution in [0.25, 0.3) is 0 Å². The van der Waals surface area contributed by atoms with E-state index in [1.54, 1.807) is 12.2 Å². The Balaban J connectivity index is 2.01. The summed E-state index contributed by atoms with van der Waals surface area (Å²) in [4.78, 5) is 38.8. The first-order valence-electron chi connectivity index (χ1n) is 14.3. The number of rotatable bonds is 22. The van der Waals surface area contributed by atoms with Crippen LogP contribution in [0.2, 0.25) is 0 Å². The second-order valence-corrected chi connectivity index (χ2v) is 9.86. The Morgan fingerprint density at radius 3 is 2.12 bits per heavy atom. The molecule has 0 fully saturated rings. The van der Waals surface area contributed by atoms with Gasteiger partial charge in [0, 0.05) is 13.0 Å². The predicted molar refractivity (Wildman–Crippen MR) is 161 cm³/mol. The molecule has 0 radical (unpaired) electrons. The zero-order chi connectivity index (χ0) is 30.4. The number of nitrogens with one attached hydrogen (secondary N) is 2. The molecule has 0 heterocycles. The molecule has 0 aromatic heterocycles. The van der Waals surface area contributed by atoms with Gasteiger partial charge in [0.2, 0.25) is 11.8 Å². The molecule has 2 aromatic rings. The number of aliphatic hydroxyl groups excluding tert-OH is 1. The normalized spacial score (nSPS) is 12.9. The monoisotopic (exact) mass is 580 g/mol. The van der Waals surface area contributed by atoms with E-state index >= 15 is 0 Å². The largest absolute Gasteiger partial charge is 0.463 e. The Hall–Kier alpha value is -3.79. The van der Waals surface area contributed by atoms with E-state index in [0.29, 0.717) is 19.4 Å². The number of aliphatic hydroxyl groups is 1. The van der Waals surface area contributed by atoms with Gasteiger partial charge >= 0.3 is 5.97 Å². The minimum atomic E-state index is -0.667. The van der Waals surface area contributed by atoms with E-state index in [4.69, 9.17) is 19.3 Å². The van der Waals surface area contributed by atoms with Crippen LogP contribution in [-0.4, -0.2) is 68.5 Å². The predicted octanol–water partition coefficient (Wildman–Crippen LogP) is 3.37. The highest BCUT2D eigenvalue weighted by molar-refractivity contribution is 5.86. The third-order valence-electron chi connectivity index (χ3n) is 6.37. The van der Waals surface area contributed by atoms with Crippen LogP contribution >= 0.6 is 0 Å². The molecule has 0 spiro atoms. The molecule has 2 rings (SSSR count). The average molecular weight is 581 g/mol. The topological polar surface area (TPSA) is 123 Å². The van der Waals surface area contributed by atoms with Crippen molar-refractivity contribution in [2.24, 2.45) is 11.8 Å². The number of carbonyl (C=O) groups excluding carboxylic acids is 3. The molecular weight excluding hydrogens is 536 g/mol. The van der Waals surface area contributed by atoms with E-state index in [1.807, 2.05) is 60.7 Å². The Labute approximate surface area is 248 Å². The van der Waals surface area contributed by atoms with Crippen molar-refractivity contribution in [1.29, 1.82) is 0 Å². The number of esters is 1. The van der Waals surface area contributed by atoms with Gasteiger partial charge in [-0.15, -0.1) is 13.2 Å². The van der Waals surface area contributed by atoms with Crippen molar-refractivity contribution in [3.8, 4) is 0 Å². The number of carbonyl (C=O) groups is 3. The molecule has 9 nitrogen and oxygen atoms in total. The zero-order valence-corrected chi connectivity index (χ0v) is 24.2. The van der Waals surface area contributed by atoms with Crippen LogP contribution in [0.1, 0.15) is 30.4 Å². The van der Waals surface area contributed by atoms with Crippen LogP contribution in [0, 0.1) is 11.8 Å². The Morgan fingerprint density at radius 1 is 0.833 bits per heavy atom. The van der Waals surface area contributed by atoms with Gasteiger partial charge < -0.3 is 30.0 Å². The zero-order valence-electron chi connectivity index (χ0n) is 24.2. The number of amides is 2. The van der Waals surface area contributed by atoms with Gasteiger partial charge in [-0.2, -0.15) is 0 Å². The molecule has 0 aliphatic carbocycles. The first-order valence-corrected chi connectivity index (χ1v) is 14.3. The lowest BCUT2D eigenvalue weighted by Crippen LogP contribution is -2.46. The highest BCUT2D eigenvalue weighted by Crippen LogP contribution is 2.16. The molecule has 0 saturated heterocycles. The summed E-state index contributed by atoms with van der Waals surface area (Å²) in [5.74, 6) is -2.13. The minimum Gasteiger partial charge on any atom is -0.463 e. The van der Waals surface area contributed by atoms with E-state index in [9.17, 15) is 14.4 Å². The van der Waals surface area contributed by atoms with Crippen LogP contribution in [0.3, 0.4) is 0 Å². The van der Waals surface area contributed by atoms with E-state index in [1.165, 1.54) is 0 Å². The maximum atomic E-state index is 13.2. The van der Waals surface area contributed by atoms with Gasteiger partial charge in [0.1, 0.15) is 6.61 Å². The second-order valence-electron chi connectivity index (χ2n) is 9.86. The standard InChI is InChI=1S/C33H44N2O7/c1-3-11-28(22-31(37)34-17-19-40-20-18-36)32(38)35-30(24-41-23-27-15-9-6-10-16-27)25-42-33(39)29(12-4-2)21-26-13-7-5-8-14-26/h3-10,13-16,28-30,36H,1-2,11-12,17-25H2,(H,34,37)(H,35,38)/t28-,29-,30-/m0/s1. The van der Waals surface area contributed by atoms with Crippen molar-refractivity contribution >= 4 is 17.8 Å².